The molecule has 25 heavy (non-hydrogen) atoms. The number of nitrogens with one attached hydrogen (secondary N) is 2. The van der Waals surface area contributed by atoms with Gasteiger partial charge in [-0.25, -0.2) is 4.39 Å². The second-order valence-electron chi connectivity index (χ2n) is 5.22. The Balaban J connectivity index is 2.11. The lowest BCUT2D eigenvalue weighted by Gasteiger charge is -2.10. The number of anilines is 1. The SMILES string of the molecule is CNC(=O)c1cccc(CCNc2cc(OC)c(F)cc2[N+](=O)[O-])c1. The Morgan fingerprint density at radius 3 is 2.72 bits per heavy atom. The summed E-state index contributed by atoms with van der Waals surface area (Å²) in [4.78, 5) is 22.0. The summed E-state index contributed by atoms with van der Waals surface area (Å²) in [5, 5.41) is 16.5. The number of nitro benzene ring substituents is 1. The zero-order valence-electron chi connectivity index (χ0n) is 13.8. The van der Waals surface area contributed by atoms with Crippen LogP contribution in [-0.4, -0.2) is 31.5 Å². The number of hydrogen-bond acceptors (Lipinski definition) is 5. The minimum atomic E-state index is -0.793. The molecular formula is C17H18FN3O4. The predicted molar refractivity (Wildman–Crippen MR) is 91.6 cm³/mol. The highest BCUT2D eigenvalue weighted by atomic mass is 19.1. The van der Waals surface area contributed by atoms with Gasteiger partial charge in [-0.05, 0) is 24.1 Å². The van der Waals surface area contributed by atoms with Crippen LogP contribution in [0.2, 0.25) is 0 Å². The summed E-state index contributed by atoms with van der Waals surface area (Å²) in [6.07, 6.45) is 0.529. The van der Waals surface area contributed by atoms with E-state index in [0.29, 0.717) is 18.5 Å². The van der Waals surface area contributed by atoms with E-state index in [4.69, 9.17) is 4.74 Å². The first-order valence-electron chi connectivity index (χ1n) is 7.53. The van der Waals surface area contributed by atoms with Gasteiger partial charge in [-0.2, -0.15) is 0 Å². The maximum atomic E-state index is 13.6. The van der Waals surface area contributed by atoms with Crippen molar-refractivity contribution in [3.63, 3.8) is 0 Å². The van der Waals surface area contributed by atoms with Crippen LogP contribution in [0.5, 0.6) is 5.75 Å². The average molecular weight is 347 g/mol. The van der Waals surface area contributed by atoms with Crippen LogP contribution < -0.4 is 15.4 Å². The zero-order chi connectivity index (χ0) is 18.4. The summed E-state index contributed by atoms with van der Waals surface area (Å²) >= 11 is 0. The van der Waals surface area contributed by atoms with Gasteiger partial charge >= 0.3 is 0 Å². The smallest absolute Gasteiger partial charge is 0.295 e. The van der Waals surface area contributed by atoms with Gasteiger partial charge in [0.1, 0.15) is 5.69 Å². The van der Waals surface area contributed by atoms with Crippen molar-refractivity contribution in [1.82, 2.24) is 5.32 Å². The molecular weight excluding hydrogens is 329 g/mol. The average Bonchev–Trinajstić information content (AvgIpc) is 2.62. The van der Waals surface area contributed by atoms with Crippen LogP contribution >= 0.6 is 0 Å². The van der Waals surface area contributed by atoms with Gasteiger partial charge in [0.2, 0.25) is 0 Å². The summed E-state index contributed by atoms with van der Waals surface area (Å²) < 4.78 is 18.5. The van der Waals surface area contributed by atoms with Gasteiger partial charge in [0, 0.05) is 25.2 Å². The molecule has 0 fully saturated rings. The molecule has 2 N–H and O–H groups in total. The lowest BCUT2D eigenvalue weighted by Crippen LogP contribution is -2.18. The van der Waals surface area contributed by atoms with Crippen LogP contribution in [0.3, 0.4) is 0 Å². The number of rotatable bonds is 7. The Hall–Kier alpha value is -3.16. The van der Waals surface area contributed by atoms with E-state index in [1.807, 2.05) is 6.07 Å². The molecule has 0 unspecified atom stereocenters. The van der Waals surface area contributed by atoms with Crippen LogP contribution in [0, 0.1) is 15.9 Å². The first kappa shape index (κ1) is 18.2. The number of ether oxygens (including phenoxy) is 1. The van der Waals surface area contributed by atoms with Crippen LogP contribution in [-0.2, 0) is 6.42 Å². The van der Waals surface area contributed by atoms with E-state index in [1.54, 1.807) is 25.2 Å². The molecule has 2 aromatic carbocycles. The highest BCUT2D eigenvalue weighted by molar-refractivity contribution is 5.94. The Bertz CT molecular complexity index is 795. The Kier molecular flexibility index (Phi) is 5.89. The van der Waals surface area contributed by atoms with Gasteiger partial charge in [-0.3, -0.25) is 14.9 Å². The second kappa shape index (κ2) is 8.09. The van der Waals surface area contributed by atoms with Crippen LogP contribution in [0.4, 0.5) is 15.8 Å². The van der Waals surface area contributed by atoms with Crippen molar-refractivity contribution >= 4 is 17.3 Å². The van der Waals surface area contributed by atoms with Crippen LogP contribution in [0.15, 0.2) is 36.4 Å². The maximum absolute atomic E-state index is 13.6. The van der Waals surface area contributed by atoms with Crippen molar-refractivity contribution in [1.29, 1.82) is 0 Å². The van der Waals surface area contributed by atoms with Gasteiger partial charge in [0.15, 0.2) is 11.6 Å². The molecule has 0 atom stereocenters. The largest absolute Gasteiger partial charge is 0.494 e. The molecule has 7 nitrogen and oxygen atoms in total. The number of halogens is 1. The van der Waals surface area contributed by atoms with Gasteiger partial charge in [-0.15, -0.1) is 0 Å². The number of carbonyl (C=O) groups excluding carboxylic acids is 1. The number of methoxy groups -OCH3 is 1. The number of carbonyl (C=O) groups is 1. The zero-order valence-corrected chi connectivity index (χ0v) is 13.8. The van der Waals surface area contributed by atoms with E-state index in [2.05, 4.69) is 10.6 Å². The normalized spacial score (nSPS) is 10.2. The monoisotopic (exact) mass is 347 g/mol. The fraction of sp³-hybridized carbons (Fsp3) is 0.235. The van der Waals surface area contributed by atoms with Crippen LogP contribution in [0.1, 0.15) is 15.9 Å². The molecule has 132 valence electrons. The molecule has 2 aromatic rings. The number of benzene rings is 2. The summed E-state index contributed by atoms with van der Waals surface area (Å²) in [5.41, 5.74) is 1.24. The molecule has 0 saturated carbocycles. The fourth-order valence-electron chi connectivity index (χ4n) is 2.35. The molecule has 8 heteroatoms. The Labute approximate surface area is 144 Å². The summed E-state index contributed by atoms with van der Waals surface area (Å²) in [7, 11) is 2.84. The Morgan fingerprint density at radius 2 is 2.08 bits per heavy atom. The highest BCUT2D eigenvalue weighted by Crippen LogP contribution is 2.31. The fourth-order valence-corrected chi connectivity index (χ4v) is 2.35. The molecule has 2 rings (SSSR count). The van der Waals surface area contributed by atoms with Crippen molar-refractivity contribution in [2.75, 3.05) is 26.0 Å². The molecule has 0 spiro atoms. The van der Waals surface area contributed by atoms with Crippen molar-refractivity contribution in [2.45, 2.75) is 6.42 Å². The third-order valence-electron chi connectivity index (χ3n) is 3.61. The summed E-state index contributed by atoms with van der Waals surface area (Å²) in [6, 6.07) is 9.16. The molecule has 0 aromatic heterocycles. The van der Waals surface area contributed by atoms with E-state index in [-0.39, 0.29) is 23.0 Å². The summed E-state index contributed by atoms with van der Waals surface area (Å²) in [6.45, 7) is 0.368. The third kappa shape index (κ3) is 4.43. The molecule has 1 amide bonds. The second-order valence-corrected chi connectivity index (χ2v) is 5.22. The minimum absolute atomic E-state index is 0.0743. The van der Waals surface area contributed by atoms with E-state index in [0.717, 1.165) is 11.6 Å². The molecule has 0 saturated heterocycles. The maximum Gasteiger partial charge on any atom is 0.295 e. The Morgan fingerprint density at radius 1 is 1.32 bits per heavy atom. The molecule has 0 aliphatic heterocycles. The van der Waals surface area contributed by atoms with E-state index < -0.39 is 10.7 Å². The summed E-state index contributed by atoms with van der Waals surface area (Å²) in [5.74, 6) is -1.05. The highest BCUT2D eigenvalue weighted by Gasteiger charge is 2.18. The lowest BCUT2D eigenvalue weighted by atomic mass is 10.1. The minimum Gasteiger partial charge on any atom is -0.494 e. The quantitative estimate of drug-likeness (QED) is 0.593. The number of hydrogen-bond donors (Lipinski definition) is 2. The number of nitro groups is 1. The molecule has 0 bridgehead atoms. The van der Waals surface area contributed by atoms with Crippen molar-refractivity contribution in [3.05, 3.63) is 63.5 Å². The van der Waals surface area contributed by atoms with Gasteiger partial charge < -0.3 is 15.4 Å². The third-order valence-corrected chi connectivity index (χ3v) is 3.61. The van der Waals surface area contributed by atoms with Crippen molar-refractivity contribution in [2.24, 2.45) is 0 Å². The molecule has 0 heterocycles. The van der Waals surface area contributed by atoms with Crippen LogP contribution in [0.25, 0.3) is 0 Å². The standard InChI is InChI=1S/C17H18FN3O4/c1-19-17(22)12-5-3-4-11(8-12)6-7-20-14-10-16(25-2)13(18)9-15(14)21(23)24/h3-5,8-10,20H,6-7H2,1-2H3,(H,19,22). The van der Waals surface area contributed by atoms with Crippen molar-refractivity contribution < 1.29 is 18.8 Å². The lowest BCUT2D eigenvalue weighted by molar-refractivity contribution is -0.384. The number of nitrogens with zero attached hydrogens (tertiary/aromatic N) is 1. The first-order valence-corrected chi connectivity index (χ1v) is 7.53. The van der Waals surface area contributed by atoms with E-state index >= 15 is 0 Å². The van der Waals surface area contributed by atoms with E-state index in [9.17, 15) is 19.3 Å². The van der Waals surface area contributed by atoms with E-state index in [1.165, 1.54) is 13.2 Å². The van der Waals surface area contributed by atoms with Gasteiger partial charge in [-0.1, -0.05) is 12.1 Å². The van der Waals surface area contributed by atoms with Gasteiger partial charge in [0.25, 0.3) is 11.6 Å². The number of amides is 1. The topological polar surface area (TPSA) is 93.5 Å². The molecule has 0 radical (unpaired) electrons. The predicted octanol–water partition coefficient (Wildman–Crippen LogP) is 2.76. The molecule has 0 aliphatic rings. The van der Waals surface area contributed by atoms with Crippen molar-refractivity contribution in [3.8, 4) is 5.75 Å². The first-order chi connectivity index (χ1) is 12.0. The molecule has 0 aliphatic carbocycles. The van der Waals surface area contributed by atoms with Gasteiger partial charge in [0.05, 0.1) is 18.1 Å².